The number of hydrogen-bond donors (Lipinski definition) is 1. The Hall–Kier alpha value is -3.12. The predicted octanol–water partition coefficient (Wildman–Crippen LogP) is 4.00. The molecule has 7 heteroatoms. The van der Waals surface area contributed by atoms with Crippen LogP contribution in [0.1, 0.15) is 11.5 Å². The average Bonchev–Trinajstić information content (AvgIpc) is 3.28. The topological polar surface area (TPSA) is 81.2 Å². The summed E-state index contributed by atoms with van der Waals surface area (Å²) >= 11 is 5.98. The Morgan fingerprint density at radius 3 is 2.81 bits per heavy atom. The van der Waals surface area contributed by atoms with Crippen molar-refractivity contribution < 1.29 is 13.8 Å². The number of nitrogens with zero attached hydrogens (tertiary/aromatic N) is 2. The van der Waals surface area contributed by atoms with Crippen LogP contribution in [-0.2, 0) is 17.8 Å². The molecule has 1 amide bonds. The molecule has 0 saturated carbocycles. The number of amides is 1. The van der Waals surface area contributed by atoms with E-state index in [1.165, 1.54) is 0 Å². The zero-order valence-corrected chi connectivity index (χ0v) is 14.4. The van der Waals surface area contributed by atoms with E-state index in [0.717, 1.165) is 10.9 Å². The minimum Gasteiger partial charge on any atom is -0.359 e. The van der Waals surface area contributed by atoms with Crippen molar-refractivity contribution in [3.63, 3.8) is 0 Å². The molecule has 0 radical (unpaired) electrons. The smallest absolute Gasteiger partial charge is 0.226 e. The molecule has 1 N–H and O–H groups in total. The van der Waals surface area contributed by atoms with Crippen LogP contribution in [0.2, 0.25) is 5.02 Å². The maximum absolute atomic E-state index is 12.2. The first-order valence-corrected chi connectivity index (χ1v) is 8.38. The number of carbonyl (C=O) groups is 1. The fraction of sp³-hybridized carbons (Fsp3) is 0.105. The monoisotopic (exact) mass is 367 g/mol. The maximum atomic E-state index is 12.2. The highest BCUT2D eigenvalue weighted by Gasteiger charge is 2.13. The van der Waals surface area contributed by atoms with E-state index < -0.39 is 0 Å². The molecule has 4 rings (SSSR count). The van der Waals surface area contributed by atoms with Gasteiger partial charge in [-0.05, 0) is 24.3 Å². The van der Waals surface area contributed by atoms with E-state index in [2.05, 4.69) is 15.6 Å². The summed E-state index contributed by atoms with van der Waals surface area (Å²) in [5.74, 6) is 0.378. The van der Waals surface area contributed by atoms with Crippen LogP contribution in [0.25, 0.3) is 22.2 Å². The zero-order valence-electron chi connectivity index (χ0n) is 13.6. The van der Waals surface area contributed by atoms with Gasteiger partial charge in [-0.2, -0.15) is 0 Å². The van der Waals surface area contributed by atoms with Crippen LogP contribution < -0.4 is 5.32 Å². The van der Waals surface area contributed by atoms with Gasteiger partial charge in [-0.25, -0.2) is 0 Å². The molecule has 2 heterocycles. The Labute approximate surface area is 153 Å². The van der Waals surface area contributed by atoms with Gasteiger partial charge in [0.05, 0.1) is 13.0 Å². The van der Waals surface area contributed by atoms with Gasteiger partial charge in [0, 0.05) is 22.0 Å². The van der Waals surface area contributed by atoms with Crippen molar-refractivity contribution in [3.05, 3.63) is 71.1 Å². The Morgan fingerprint density at radius 1 is 1.04 bits per heavy atom. The molecule has 0 aliphatic heterocycles. The normalized spacial score (nSPS) is 11.0. The Kier molecular flexibility index (Phi) is 4.41. The van der Waals surface area contributed by atoms with Crippen LogP contribution in [0.15, 0.2) is 63.6 Å². The molecule has 0 bridgehead atoms. The Balaban J connectivity index is 1.39. The van der Waals surface area contributed by atoms with Crippen molar-refractivity contribution >= 4 is 28.5 Å². The van der Waals surface area contributed by atoms with Crippen LogP contribution in [0, 0.1) is 0 Å². The number of aromatic nitrogens is 2. The molecule has 0 unspecified atom stereocenters. The number of nitrogens with one attached hydrogen (secondary N) is 1. The number of para-hydroxylation sites is 1. The van der Waals surface area contributed by atoms with Gasteiger partial charge in [-0.15, -0.1) is 0 Å². The van der Waals surface area contributed by atoms with Crippen molar-refractivity contribution in [2.24, 2.45) is 0 Å². The molecule has 0 atom stereocenters. The minimum atomic E-state index is -0.176. The van der Waals surface area contributed by atoms with E-state index in [0.29, 0.717) is 27.8 Å². The first-order chi connectivity index (χ1) is 12.7. The molecule has 2 aromatic carbocycles. The van der Waals surface area contributed by atoms with Crippen molar-refractivity contribution in [1.29, 1.82) is 0 Å². The van der Waals surface area contributed by atoms with E-state index in [4.69, 9.17) is 20.6 Å². The van der Waals surface area contributed by atoms with Crippen molar-refractivity contribution in [1.82, 2.24) is 15.6 Å². The molecule has 2 aromatic heterocycles. The van der Waals surface area contributed by atoms with Gasteiger partial charge in [-0.1, -0.05) is 46.2 Å². The van der Waals surface area contributed by atoms with Crippen LogP contribution in [-0.4, -0.2) is 16.2 Å². The number of carbonyl (C=O) groups excluding carboxylic acids is 1. The standard InChI is InChI=1S/C19H14ClN3O3/c20-13-5-3-4-12(8-13)16-9-14(25-22-16)11-21-19(24)10-17-15-6-1-2-7-18(15)26-23-17/h1-9H,10-11H2,(H,21,24). The van der Waals surface area contributed by atoms with E-state index in [1.807, 2.05) is 36.4 Å². The Morgan fingerprint density at radius 2 is 1.92 bits per heavy atom. The summed E-state index contributed by atoms with van der Waals surface area (Å²) in [6, 6.07) is 16.5. The van der Waals surface area contributed by atoms with Crippen LogP contribution in [0.3, 0.4) is 0 Å². The molecular weight excluding hydrogens is 354 g/mol. The van der Waals surface area contributed by atoms with E-state index >= 15 is 0 Å². The third-order valence-corrected chi connectivity index (χ3v) is 4.15. The highest BCUT2D eigenvalue weighted by atomic mass is 35.5. The van der Waals surface area contributed by atoms with Gasteiger partial charge >= 0.3 is 0 Å². The maximum Gasteiger partial charge on any atom is 0.226 e. The van der Waals surface area contributed by atoms with Gasteiger partial charge in [0.1, 0.15) is 11.4 Å². The lowest BCUT2D eigenvalue weighted by Crippen LogP contribution is -2.24. The van der Waals surface area contributed by atoms with E-state index in [1.54, 1.807) is 18.2 Å². The zero-order chi connectivity index (χ0) is 17.9. The lowest BCUT2D eigenvalue weighted by Gasteiger charge is -2.00. The SMILES string of the molecule is O=C(Cc1noc2ccccc12)NCc1cc(-c2cccc(Cl)c2)no1. The first kappa shape index (κ1) is 16.4. The molecule has 26 heavy (non-hydrogen) atoms. The summed E-state index contributed by atoms with van der Waals surface area (Å²) in [6.07, 6.45) is 0.131. The fourth-order valence-electron chi connectivity index (χ4n) is 2.65. The minimum absolute atomic E-state index is 0.131. The molecule has 0 fully saturated rings. The van der Waals surface area contributed by atoms with Gasteiger partial charge < -0.3 is 14.4 Å². The number of rotatable bonds is 5. The summed E-state index contributed by atoms with van der Waals surface area (Å²) in [6.45, 7) is 0.238. The summed E-state index contributed by atoms with van der Waals surface area (Å²) in [5, 5.41) is 12.2. The third kappa shape index (κ3) is 3.45. The van der Waals surface area contributed by atoms with Gasteiger partial charge in [-0.3, -0.25) is 4.79 Å². The fourth-order valence-corrected chi connectivity index (χ4v) is 2.84. The lowest BCUT2D eigenvalue weighted by molar-refractivity contribution is -0.120. The molecule has 0 aliphatic carbocycles. The average molecular weight is 368 g/mol. The van der Waals surface area contributed by atoms with Crippen LogP contribution in [0.5, 0.6) is 0 Å². The number of fused-ring (bicyclic) bond motifs is 1. The first-order valence-electron chi connectivity index (χ1n) is 8.00. The largest absolute Gasteiger partial charge is 0.359 e. The second-order valence-corrected chi connectivity index (χ2v) is 6.20. The highest BCUT2D eigenvalue weighted by Crippen LogP contribution is 2.22. The number of hydrogen-bond acceptors (Lipinski definition) is 5. The van der Waals surface area contributed by atoms with Crippen molar-refractivity contribution in [2.75, 3.05) is 0 Å². The van der Waals surface area contributed by atoms with Crippen LogP contribution in [0.4, 0.5) is 0 Å². The predicted molar refractivity (Wildman–Crippen MR) is 96.5 cm³/mol. The number of benzene rings is 2. The Bertz CT molecular complexity index is 1070. The van der Waals surface area contributed by atoms with Crippen molar-refractivity contribution in [2.45, 2.75) is 13.0 Å². The second kappa shape index (κ2) is 7.01. The molecular formula is C19H14ClN3O3. The molecule has 0 saturated heterocycles. The third-order valence-electron chi connectivity index (χ3n) is 3.92. The summed E-state index contributed by atoms with van der Waals surface area (Å²) in [4.78, 5) is 12.2. The molecule has 0 spiro atoms. The summed E-state index contributed by atoms with van der Waals surface area (Å²) in [7, 11) is 0. The van der Waals surface area contributed by atoms with E-state index in [-0.39, 0.29) is 18.9 Å². The summed E-state index contributed by atoms with van der Waals surface area (Å²) < 4.78 is 10.5. The van der Waals surface area contributed by atoms with Gasteiger partial charge in [0.15, 0.2) is 11.3 Å². The quantitative estimate of drug-likeness (QED) is 0.576. The lowest BCUT2D eigenvalue weighted by atomic mass is 10.1. The second-order valence-electron chi connectivity index (χ2n) is 5.77. The van der Waals surface area contributed by atoms with Crippen LogP contribution >= 0.6 is 11.6 Å². The molecule has 0 aliphatic rings. The van der Waals surface area contributed by atoms with Gasteiger partial charge in [0.2, 0.25) is 5.91 Å². The van der Waals surface area contributed by atoms with E-state index in [9.17, 15) is 4.79 Å². The molecule has 6 nitrogen and oxygen atoms in total. The summed E-state index contributed by atoms with van der Waals surface area (Å²) in [5.41, 5.74) is 2.79. The van der Waals surface area contributed by atoms with Crippen molar-refractivity contribution in [3.8, 4) is 11.3 Å². The highest BCUT2D eigenvalue weighted by molar-refractivity contribution is 6.30. The van der Waals surface area contributed by atoms with Gasteiger partial charge in [0.25, 0.3) is 0 Å². The number of halogens is 1. The molecule has 130 valence electrons. The molecule has 4 aromatic rings.